The molecule has 1 aliphatic carbocycles. The first-order chi connectivity index (χ1) is 7.75. The maximum Gasteiger partial charge on any atom is 0.221 e. The Hall–Kier alpha value is -0.570. The molecular formula is C13H24N2O. The van der Waals surface area contributed by atoms with E-state index in [4.69, 9.17) is 0 Å². The van der Waals surface area contributed by atoms with Crippen LogP contribution >= 0.6 is 0 Å². The third-order valence-electron chi connectivity index (χ3n) is 4.06. The molecule has 0 aromatic heterocycles. The lowest BCUT2D eigenvalue weighted by atomic mass is 9.95. The van der Waals surface area contributed by atoms with Crippen LogP contribution in [-0.4, -0.2) is 36.5 Å². The van der Waals surface area contributed by atoms with E-state index in [1.54, 1.807) is 0 Å². The molecule has 0 spiro atoms. The topological polar surface area (TPSA) is 32.3 Å². The number of rotatable bonds is 3. The van der Waals surface area contributed by atoms with Crippen LogP contribution in [0.2, 0.25) is 0 Å². The van der Waals surface area contributed by atoms with E-state index in [2.05, 4.69) is 17.3 Å². The molecule has 1 amide bonds. The third-order valence-corrected chi connectivity index (χ3v) is 4.06. The van der Waals surface area contributed by atoms with Gasteiger partial charge < -0.3 is 10.2 Å². The SMILES string of the molecule is CN1CCCC1CC(=O)NC1CCCCC1. The van der Waals surface area contributed by atoms with Gasteiger partial charge in [-0.05, 0) is 39.3 Å². The number of carbonyl (C=O) groups is 1. The highest BCUT2D eigenvalue weighted by Gasteiger charge is 2.24. The molecular weight excluding hydrogens is 200 g/mol. The highest BCUT2D eigenvalue weighted by atomic mass is 16.1. The van der Waals surface area contributed by atoms with Gasteiger partial charge in [0.1, 0.15) is 0 Å². The summed E-state index contributed by atoms with van der Waals surface area (Å²) in [6.45, 7) is 1.15. The van der Waals surface area contributed by atoms with E-state index >= 15 is 0 Å². The summed E-state index contributed by atoms with van der Waals surface area (Å²) in [4.78, 5) is 14.2. The van der Waals surface area contributed by atoms with E-state index in [-0.39, 0.29) is 5.91 Å². The Bertz CT molecular complexity index is 236. The van der Waals surface area contributed by atoms with Crippen molar-refractivity contribution >= 4 is 5.91 Å². The molecule has 1 N–H and O–H groups in total. The Kier molecular flexibility index (Phi) is 4.22. The smallest absolute Gasteiger partial charge is 0.221 e. The summed E-state index contributed by atoms with van der Waals surface area (Å²) in [6, 6.07) is 0.955. The molecule has 1 heterocycles. The standard InChI is InChI=1S/C13H24N2O/c1-15-9-5-8-12(15)10-13(16)14-11-6-3-2-4-7-11/h11-12H,2-10H2,1H3,(H,14,16). The Morgan fingerprint density at radius 2 is 1.94 bits per heavy atom. The number of carbonyl (C=O) groups excluding carboxylic acids is 1. The summed E-state index contributed by atoms with van der Waals surface area (Å²) in [7, 11) is 2.13. The fourth-order valence-electron chi connectivity index (χ4n) is 2.98. The summed E-state index contributed by atoms with van der Waals surface area (Å²) in [5.41, 5.74) is 0. The second-order valence-corrected chi connectivity index (χ2v) is 5.38. The van der Waals surface area contributed by atoms with Gasteiger partial charge in [0.15, 0.2) is 0 Å². The summed E-state index contributed by atoms with van der Waals surface area (Å²) >= 11 is 0. The maximum atomic E-state index is 11.9. The molecule has 2 rings (SSSR count). The zero-order valence-corrected chi connectivity index (χ0v) is 10.4. The molecule has 1 saturated carbocycles. The minimum Gasteiger partial charge on any atom is -0.353 e. The van der Waals surface area contributed by atoms with Crippen LogP contribution in [0.4, 0.5) is 0 Å². The molecule has 16 heavy (non-hydrogen) atoms. The van der Waals surface area contributed by atoms with Crippen molar-refractivity contribution in [2.24, 2.45) is 0 Å². The van der Waals surface area contributed by atoms with Gasteiger partial charge in [-0.1, -0.05) is 19.3 Å². The van der Waals surface area contributed by atoms with Crippen LogP contribution in [0, 0.1) is 0 Å². The van der Waals surface area contributed by atoms with Crippen molar-refractivity contribution in [1.82, 2.24) is 10.2 Å². The lowest BCUT2D eigenvalue weighted by Crippen LogP contribution is -2.39. The molecule has 2 fully saturated rings. The monoisotopic (exact) mass is 224 g/mol. The van der Waals surface area contributed by atoms with Crippen LogP contribution in [0.5, 0.6) is 0 Å². The van der Waals surface area contributed by atoms with Gasteiger partial charge in [-0.25, -0.2) is 0 Å². The summed E-state index contributed by atoms with van der Waals surface area (Å²) in [5.74, 6) is 0.269. The van der Waals surface area contributed by atoms with Crippen LogP contribution < -0.4 is 5.32 Å². The molecule has 0 aromatic rings. The number of nitrogens with one attached hydrogen (secondary N) is 1. The normalized spacial score (nSPS) is 28.2. The Balaban J connectivity index is 1.70. The zero-order valence-electron chi connectivity index (χ0n) is 10.4. The van der Waals surface area contributed by atoms with Gasteiger partial charge in [-0.2, -0.15) is 0 Å². The predicted octanol–water partition coefficient (Wildman–Crippen LogP) is 1.92. The van der Waals surface area contributed by atoms with Crippen molar-refractivity contribution in [1.29, 1.82) is 0 Å². The highest BCUT2D eigenvalue weighted by Crippen LogP contribution is 2.20. The fraction of sp³-hybridized carbons (Fsp3) is 0.923. The molecule has 1 unspecified atom stereocenters. The number of hydrogen-bond acceptors (Lipinski definition) is 2. The van der Waals surface area contributed by atoms with Crippen LogP contribution in [0.3, 0.4) is 0 Å². The molecule has 0 aromatic carbocycles. The van der Waals surface area contributed by atoms with E-state index in [0.717, 1.165) is 6.54 Å². The lowest BCUT2D eigenvalue weighted by molar-refractivity contribution is -0.122. The van der Waals surface area contributed by atoms with Crippen molar-refractivity contribution in [3.63, 3.8) is 0 Å². The van der Waals surface area contributed by atoms with Gasteiger partial charge in [0.2, 0.25) is 5.91 Å². The van der Waals surface area contributed by atoms with Crippen molar-refractivity contribution in [3.05, 3.63) is 0 Å². The highest BCUT2D eigenvalue weighted by molar-refractivity contribution is 5.76. The summed E-state index contributed by atoms with van der Waals surface area (Å²) in [5, 5.41) is 3.20. The van der Waals surface area contributed by atoms with E-state index < -0.39 is 0 Å². The summed E-state index contributed by atoms with van der Waals surface area (Å²) < 4.78 is 0. The first kappa shape index (κ1) is 11.9. The average Bonchev–Trinajstić information content (AvgIpc) is 2.66. The van der Waals surface area contributed by atoms with E-state index in [9.17, 15) is 4.79 Å². The molecule has 1 aliphatic heterocycles. The van der Waals surface area contributed by atoms with E-state index in [1.807, 2.05) is 0 Å². The average molecular weight is 224 g/mol. The second-order valence-electron chi connectivity index (χ2n) is 5.38. The predicted molar refractivity (Wildman–Crippen MR) is 65.3 cm³/mol. The number of hydrogen-bond donors (Lipinski definition) is 1. The van der Waals surface area contributed by atoms with Gasteiger partial charge in [-0.3, -0.25) is 4.79 Å². The van der Waals surface area contributed by atoms with Crippen LogP contribution in [0.1, 0.15) is 51.4 Å². The van der Waals surface area contributed by atoms with Crippen LogP contribution in [0.15, 0.2) is 0 Å². The fourth-order valence-corrected chi connectivity index (χ4v) is 2.98. The minimum absolute atomic E-state index is 0.269. The molecule has 1 saturated heterocycles. The first-order valence-corrected chi connectivity index (χ1v) is 6.75. The minimum atomic E-state index is 0.269. The van der Waals surface area contributed by atoms with Crippen molar-refractivity contribution < 1.29 is 4.79 Å². The van der Waals surface area contributed by atoms with Crippen LogP contribution in [-0.2, 0) is 4.79 Å². The molecule has 1 atom stereocenters. The van der Waals surface area contributed by atoms with E-state index in [1.165, 1.54) is 44.9 Å². The Morgan fingerprint density at radius 1 is 1.19 bits per heavy atom. The quantitative estimate of drug-likeness (QED) is 0.794. The molecule has 92 valence electrons. The summed E-state index contributed by atoms with van der Waals surface area (Å²) in [6.07, 6.45) is 9.43. The van der Waals surface area contributed by atoms with Gasteiger partial charge >= 0.3 is 0 Å². The van der Waals surface area contributed by atoms with Crippen molar-refractivity contribution in [3.8, 4) is 0 Å². The molecule has 3 nitrogen and oxygen atoms in total. The van der Waals surface area contributed by atoms with Gasteiger partial charge in [0.25, 0.3) is 0 Å². The van der Waals surface area contributed by atoms with Gasteiger partial charge in [0, 0.05) is 18.5 Å². The second kappa shape index (κ2) is 5.67. The zero-order chi connectivity index (χ0) is 11.4. The molecule has 0 bridgehead atoms. The van der Waals surface area contributed by atoms with E-state index in [0.29, 0.717) is 18.5 Å². The van der Waals surface area contributed by atoms with Crippen molar-refractivity contribution in [2.75, 3.05) is 13.6 Å². The van der Waals surface area contributed by atoms with Crippen LogP contribution in [0.25, 0.3) is 0 Å². The Labute approximate surface area is 98.6 Å². The number of likely N-dealkylation sites (tertiary alicyclic amines) is 1. The lowest BCUT2D eigenvalue weighted by Gasteiger charge is -2.24. The van der Waals surface area contributed by atoms with Gasteiger partial charge in [0.05, 0.1) is 0 Å². The third kappa shape index (κ3) is 3.21. The maximum absolute atomic E-state index is 11.9. The molecule has 2 aliphatic rings. The Morgan fingerprint density at radius 3 is 2.56 bits per heavy atom. The number of amides is 1. The first-order valence-electron chi connectivity index (χ1n) is 6.75. The number of nitrogens with zero attached hydrogens (tertiary/aromatic N) is 1. The van der Waals surface area contributed by atoms with Gasteiger partial charge in [-0.15, -0.1) is 0 Å². The van der Waals surface area contributed by atoms with Crippen molar-refractivity contribution in [2.45, 2.75) is 63.5 Å². The molecule has 0 radical (unpaired) electrons. The largest absolute Gasteiger partial charge is 0.353 e. The molecule has 3 heteroatoms.